The Kier molecular flexibility index (Phi) is 2.04. The van der Waals surface area contributed by atoms with Gasteiger partial charge in [0.1, 0.15) is 5.82 Å². The van der Waals surface area contributed by atoms with Gasteiger partial charge in [-0.15, -0.1) is 0 Å². The minimum atomic E-state index is -0.0223. The fourth-order valence-electron chi connectivity index (χ4n) is 2.36. The van der Waals surface area contributed by atoms with Crippen molar-refractivity contribution in [1.29, 1.82) is 0 Å². The van der Waals surface area contributed by atoms with E-state index in [0.717, 1.165) is 5.39 Å². The molecule has 1 aromatic carbocycles. The first kappa shape index (κ1) is 10.1. The predicted molar refractivity (Wildman–Crippen MR) is 66.2 cm³/mol. The molecular formula is C13H12N2O2. The Morgan fingerprint density at radius 3 is 2.76 bits per heavy atom. The highest BCUT2D eigenvalue weighted by Crippen LogP contribution is 2.23. The van der Waals surface area contributed by atoms with Crippen LogP contribution in [0.5, 0.6) is 0 Å². The summed E-state index contributed by atoms with van der Waals surface area (Å²) in [5.74, 6) is 0.687. The zero-order valence-electron chi connectivity index (χ0n) is 9.51. The quantitative estimate of drug-likeness (QED) is 0.683. The number of pyridine rings is 1. The first-order chi connectivity index (χ1) is 8.18. The minimum Gasteiger partial charge on any atom is -0.297 e. The van der Waals surface area contributed by atoms with Gasteiger partial charge in [-0.05, 0) is 17.5 Å². The molecule has 0 N–H and O–H groups in total. The van der Waals surface area contributed by atoms with Crippen molar-refractivity contribution in [3.63, 3.8) is 0 Å². The fourth-order valence-corrected chi connectivity index (χ4v) is 2.36. The van der Waals surface area contributed by atoms with Crippen LogP contribution >= 0.6 is 0 Å². The van der Waals surface area contributed by atoms with Gasteiger partial charge in [0.25, 0.3) is 5.56 Å². The molecule has 0 saturated heterocycles. The molecule has 0 bridgehead atoms. The van der Waals surface area contributed by atoms with Crippen LogP contribution in [-0.2, 0) is 11.3 Å². The fraction of sp³-hybridized carbons (Fsp3) is 0.231. The van der Waals surface area contributed by atoms with Crippen LogP contribution in [0.3, 0.4) is 0 Å². The van der Waals surface area contributed by atoms with Crippen LogP contribution in [0, 0.1) is 0 Å². The average molecular weight is 228 g/mol. The summed E-state index contributed by atoms with van der Waals surface area (Å²) in [6.07, 6.45) is 0. The van der Waals surface area contributed by atoms with Crippen molar-refractivity contribution in [3.05, 3.63) is 40.7 Å². The van der Waals surface area contributed by atoms with Crippen LogP contribution in [0.25, 0.3) is 10.8 Å². The summed E-state index contributed by atoms with van der Waals surface area (Å²) in [4.78, 5) is 25.3. The Morgan fingerprint density at radius 2 is 2.00 bits per heavy atom. The molecule has 0 spiro atoms. The van der Waals surface area contributed by atoms with Crippen LogP contribution in [0.2, 0.25) is 0 Å². The van der Waals surface area contributed by atoms with Gasteiger partial charge >= 0.3 is 0 Å². The SMILES string of the molecule is CC(=O)N1CCn2c1cc1ccccc1c2=O. The van der Waals surface area contributed by atoms with E-state index in [1.807, 2.05) is 30.3 Å². The topological polar surface area (TPSA) is 42.3 Å². The summed E-state index contributed by atoms with van der Waals surface area (Å²) in [6.45, 7) is 2.69. The molecule has 3 rings (SSSR count). The van der Waals surface area contributed by atoms with Crippen LogP contribution < -0.4 is 10.5 Å². The minimum absolute atomic E-state index is 0.0122. The molecule has 1 amide bonds. The van der Waals surface area contributed by atoms with Gasteiger partial charge in [-0.25, -0.2) is 0 Å². The third kappa shape index (κ3) is 1.37. The number of rotatable bonds is 0. The number of anilines is 1. The lowest BCUT2D eigenvalue weighted by molar-refractivity contribution is -0.116. The Morgan fingerprint density at radius 1 is 1.24 bits per heavy atom. The zero-order valence-corrected chi connectivity index (χ0v) is 9.51. The number of amides is 1. The Balaban J connectivity index is 2.35. The maximum Gasteiger partial charge on any atom is 0.260 e. The molecule has 2 heterocycles. The van der Waals surface area contributed by atoms with E-state index < -0.39 is 0 Å². The van der Waals surface area contributed by atoms with E-state index in [4.69, 9.17) is 0 Å². The lowest BCUT2D eigenvalue weighted by atomic mass is 10.1. The highest BCUT2D eigenvalue weighted by Gasteiger charge is 2.23. The molecule has 0 atom stereocenters. The molecule has 0 radical (unpaired) electrons. The smallest absolute Gasteiger partial charge is 0.260 e. The average Bonchev–Trinajstić information content (AvgIpc) is 2.73. The van der Waals surface area contributed by atoms with Crippen molar-refractivity contribution in [2.24, 2.45) is 0 Å². The van der Waals surface area contributed by atoms with Crippen molar-refractivity contribution < 1.29 is 4.79 Å². The summed E-state index contributed by atoms with van der Waals surface area (Å²) < 4.78 is 1.67. The number of carbonyl (C=O) groups is 1. The van der Waals surface area contributed by atoms with Crippen LogP contribution in [-0.4, -0.2) is 17.0 Å². The van der Waals surface area contributed by atoms with Crippen molar-refractivity contribution in [1.82, 2.24) is 4.57 Å². The van der Waals surface area contributed by atoms with E-state index in [0.29, 0.717) is 24.3 Å². The predicted octanol–water partition coefficient (Wildman–Crippen LogP) is 1.37. The highest BCUT2D eigenvalue weighted by atomic mass is 16.2. The normalized spacial score (nSPS) is 14.1. The van der Waals surface area contributed by atoms with Gasteiger partial charge in [0.05, 0.1) is 0 Å². The lowest BCUT2D eigenvalue weighted by Gasteiger charge is -2.14. The Labute approximate surface area is 98.1 Å². The van der Waals surface area contributed by atoms with E-state index in [1.54, 1.807) is 9.47 Å². The van der Waals surface area contributed by atoms with Gasteiger partial charge in [-0.1, -0.05) is 18.2 Å². The van der Waals surface area contributed by atoms with Gasteiger partial charge < -0.3 is 0 Å². The van der Waals surface area contributed by atoms with Gasteiger partial charge in [-0.3, -0.25) is 19.1 Å². The van der Waals surface area contributed by atoms with Crippen LogP contribution in [0.4, 0.5) is 5.82 Å². The molecule has 0 aliphatic carbocycles. The molecule has 0 saturated carbocycles. The summed E-state index contributed by atoms with van der Waals surface area (Å²) in [5.41, 5.74) is -0.0122. The number of hydrogen-bond acceptors (Lipinski definition) is 2. The molecular weight excluding hydrogens is 216 g/mol. The van der Waals surface area contributed by atoms with Crippen molar-refractivity contribution in [2.45, 2.75) is 13.5 Å². The van der Waals surface area contributed by atoms with Crippen molar-refractivity contribution in [3.8, 4) is 0 Å². The first-order valence-electron chi connectivity index (χ1n) is 5.59. The molecule has 0 fully saturated rings. The summed E-state index contributed by atoms with van der Waals surface area (Å²) in [5, 5.41) is 1.60. The number of nitrogens with zero attached hydrogens (tertiary/aromatic N) is 2. The van der Waals surface area contributed by atoms with Crippen molar-refractivity contribution >= 4 is 22.5 Å². The highest BCUT2D eigenvalue weighted by molar-refractivity contribution is 5.94. The number of hydrogen-bond donors (Lipinski definition) is 0. The molecule has 1 aliphatic heterocycles. The van der Waals surface area contributed by atoms with Gasteiger partial charge in [0, 0.05) is 25.4 Å². The van der Waals surface area contributed by atoms with Crippen LogP contribution in [0.15, 0.2) is 35.1 Å². The lowest BCUT2D eigenvalue weighted by Crippen LogP contribution is -2.26. The molecule has 4 heteroatoms. The largest absolute Gasteiger partial charge is 0.297 e. The summed E-state index contributed by atoms with van der Waals surface area (Å²) in [6, 6.07) is 9.38. The van der Waals surface area contributed by atoms with Gasteiger partial charge in [-0.2, -0.15) is 0 Å². The third-order valence-corrected chi connectivity index (χ3v) is 3.20. The molecule has 17 heavy (non-hydrogen) atoms. The maximum atomic E-state index is 12.2. The van der Waals surface area contributed by atoms with E-state index in [1.165, 1.54) is 6.92 Å². The molecule has 86 valence electrons. The molecule has 2 aromatic rings. The molecule has 0 unspecified atom stereocenters. The third-order valence-electron chi connectivity index (χ3n) is 3.20. The molecule has 1 aromatic heterocycles. The van der Waals surface area contributed by atoms with E-state index in [9.17, 15) is 9.59 Å². The monoisotopic (exact) mass is 228 g/mol. The van der Waals surface area contributed by atoms with E-state index in [-0.39, 0.29) is 11.5 Å². The second-order valence-corrected chi connectivity index (χ2v) is 4.22. The second kappa shape index (κ2) is 3.45. The van der Waals surface area contributed by atoms with E-state index in [2.05, 4.69) is 0 Å². The van der Waals surface area contributed by atoms with E-state index >= 15 is 0 Å². The number of fused-ring (bicyclic) bond motifs is 2. The number of aromatic nitrogens is 1. The summed E-state index contributed by atoms with van der Waals surface area (Å²) in [7, 11) is 0. The Bertz CT molecular complexity index is 673. The first-order valence-corrected chi connectivity index (χ1v) is 5.59. The van der Waals surface area contributed by atoms with Gasteiger partial charge in [0.15, 0.2) is 0 Å². The zero-order chi connectivity index (χ0) is 12.0. The van der Waals surface area contributed by atoms with Crippen molar-refractivity contribution in [2.75, 3.05) is 11.4 Å². The second-order valence-electron chi connectivity index (χ2n) is 4.22. The van der Waals surface area contributed by atoms with Crippen LogP contribution in [0.1, 0.15) is 6.92 Å². The number of benzene rings is 1. The number of carbonyl (C=O) groups excluding carboxylic acids is 1. The standard InChI is InChI=1S/C13H12N2O2/c1-9(16)14-6-7-15-12(14)8-10-4-2-3-5-11(10)13(15)17/h2-5,8H,6-7H2,1H3. The maximum absolute atomic E-state index is 12.2. The Hall–Kier alpha value is -2.10. The molecule has 4 nitrogen and oxygen atoms in total. The summed E-state index contributed by atoms with van der Waals surface area (Å²) >= 11 is 0. The molecule has 1 aliphatic rings. The van der Waals surface area contributed by atoms with Gasteiger partial charge in [0.2, 0.25) is 5.91 Å².